The van der Waals surface area contributed by atoms with Crippen molar-refractivity contribution in [3.63, 3.8) is 0 Å². The monoisotopic (exact) mass is 310 g/mol. The molecule has 1 saturated heterocycles. The summed E-state index contributed by atoms with van der Waals surface area (Å²) in [5.74, 6) is -2.14. The highest BCUT2D eigenvalue weighted by Crippen LogP contribution is 2.53. The van der Waals surface area contributed by atoms with Crippen molar-refractivity contribution >= 4 is 11.8 Å². The van der Waals surface area contributed by atoms with Gasteiger partial charge in [-0.25, -0.2) is 4.39 Å². The van der Waals surface area contributed by atoms with Crippen LogP contribution in [-0.4, -0.2) is 11.8 Å². The van der Waals surface area contributed by atoms with Gasteiger partial charge >= 0.3 is 5.97 Å². The number of ketones is 1. The molecule has 3 nitrogen and oxygen atoms in total. The summed E-state index contributed by atoms with van der Waals surface area (Å²) in [4.78, 5) is 25.3. The van der Waals surface area contributed by atoms with E-state index in [4.69, 9.17) is 4.74 Å². The number of benzene rings is 2. The Morgan fingerprint density at radius 1 is 1.09 bits per heavy atom. The number of carbonyl (C=O) groups excluding carboxylic acids is 2. The molecule has 4 atom stereocenters. The van der Waals surface area contributed by atoms with Crippen molar-refractivity contribution in [1.82, 2.24) is 0 Å². The molecule has 116 valence electrons. The molecule has 0 N–H and O–H groups in total. The number of fused-ring (bicyclic) bond motifs is 4. The number of esters is 1. The molecule has 0 unspecified atom stereocenters. The van der Waals surface area contributed by atoms with Crippen LogP contribution in [-0.2, 0) is 9.53 Å². The minimum Gasteiger partial charge on any atom is -0.457 e. The molecular weight excluding hydrogens is 295 g/mol. The van der Waals surface area contributed by atoms with Gasteiger partial charge in [0.2, 0.25) is 0 Å². The third-order valence-electron chi connectivity index (χ3n) is 4.95. The topological polar surface area (TPSA) is 43.4 Å². The predicted octanol–water partition coefficient (Wildman–Crippen LogP) is 3.66. The van der Waals surface area contributed by atoms with Crippen LogP contribution in [0.15, 0.2) is 48.5 Å². The van der Waals surface area contributed by atoms with Gasteiger partial charge in [-0.1, -0.05) is 43.3 Å². The number of hydrogen-bond acceptors (Lipinski definition) is 3. The summed E-state index contributed by atoms with van der Waals surface area (Å²) in [5.41, 5.74) is 1.88. The minimum atomic E-state index is -0.616. The molecule has 4 rings (SSSR count). The fraction of sp³-hybridized carbons (Fsp3) is 0.263. The van der Waals surface area contributed by atoms with Gasteiger partial charge in [0.15, 0.2) is 5.78 Å². The highest BCUT2D eigenvalue weighted by molar-refractivity contribution is 6.04. The third kappa shape index (κ3) is 2.01. The van der Waals surface area contributed by atoms with Crippen molar-refractivity contribution < 1.29 is 18.7 Å². The Kier molecular flexibility index (Phi) is 3.08. The van der Waals surface area contributed by atoms with E-state index >= 15 is 0 Å². The molecule has 2 aliphatic rings. The molecule has 1 aliphatic heterocycles. The van der Waals surface area contributed by atoms with Gasteiger partial charge < -0.3 is 4.74 Å². The number of halogens is 1. The van der Waals surface area contributed by atoms with Crippen LogP contribution in [0.3, 0.4) is 0 Å². The van der Waals surface area contributed by atoms with E-state index in [1.165, 1.54) is 12.1 Å². The molecule has 2 bridgehead atoms. The Balaban J connectivity index is 1.89. The summed E-state index contributed by atoms with van der Waals surface area (Å²) >= 11 is 0. The molecule has 2 aromatic rings. The predicted molar refractivity (Wildman–Crippen MR) is 81.4 cm³/mol. The standard InChI is InChI=1S/C19H15FO3/c1-10-15-16(17(21)11-5-3-2-4-6-11)13-8-7-12(20)9-14(13)18(10)23-19(15)22/h2-10,15-16,18H,1H3/t10-,15-,16-,18-/m0/s1. The van der Waals surface area contributed by atoms with Gasteiger partial charge in [0.05, 0.1) is 11.8 Å². The maximum atomic E-state index is 13.7. The third-order valence-corrected chi connectivity index (χ3v) is 4.95. The Bertz CT molecular complexity index is 800. The van der Waals surface area contributed by atoms with E-state index in [0.29, 0.717) is 16.7 Å². The lowest BCUT2D eigenvalue weighted by Gasteiger charge is -2.32. The Hall–Kier alpha value is -2.49. The quantitative estimate of drug-likeness (QED) is 0.628. The van der Waals surface area contributed by atoms with Crippen molar-refractivity contribution in [3.8, 4) is 0 Å². The molecule has 0 amide bonds. The van der Waals surface area contributed by atoms with E-state index in [1.54, 1.807) is 30.3 Å². The van der Waals surface area contributed by atoms with Crippen LogP contribution < -0.4 is 0 Å². The lowest BCUT2D eigenvalue weighted by atomic mass is 9.67. The minimum absolute atomic E-state index is 0.118. The first-order valence-electron chi connectivity index (χ1n) is 7.67. The van der Waals surface area contributed by atoms with E-state index in [1.807, 2.05) is 13.0 Å². The van der Waals surface area contributed by atoms with E-state index < -0.39 is 17.9 Å². The Morgan fingerprint density at radius 3 is 2.57 bits per heavy atom. The molecule has 2 aromatic carbocycles. The summed E-state index contributed by atoms with van der Waals surface area (Å²) in [6.45, 7) is 1.89. The first-order chi connectivity index (χ1) is 11.1. The van der Waals surface area contributed by atoms with Crippen molar-refractivity contribution in [1.29, 1.82) is 0 Å². The van der Waals surface area contributed by atoms with Gasteiger partial charge in [0, 0.05) is 11.5 Å². The molecule has 4 heteroatoms. The number of ether oxygens (including phenoxy) is 1. The summed E-state index contributed by atoms with van der Waals surface area (Å²) in [6.07, 6.45) is -0.460. The number of carbonyl (C=O) groups is 2. The maximum Gasteiger partial charge on any atom is 0.311 e. The first kappa shape index (κ1) is 14.1. The lowest BCUT2D eigenvalue weighted by molar-refractivity contribution is -0.144. The zero-order chi connectivity index (χ0) is 16.1. The van der Waals surface area contributed by atoms with E-state index in [-0.39, 0.29) is 23.5 Å². The molecule has 1 aliphatic carbocycles. The van der Waals surface area contributed by atoms with Gasteiger partial charge in [-0.15, -0.1) is 0 Å². The van der Waals surface area contributed by atoms with Gasteiger partial charge in [-0.2, -0.15) is 0 Å². The van der Waals surface area contributed by atoms with Gasteiger partial charge in [0.25, 0.3) is 0 Å². The molecular formula is C19H15FO3. The van der Waals surface area contributed by atoms with E-state index in [0.717, 1.165) is 0 Å². The summed E-state index contributed by atoms with van der Waals surface area (Å²) < 4.78 is 19.1. The maximum absolute atomic E-state index is 13.7. The molecule has 0 aromatic heterocycles. The number of Topliss-reactive ketones (excluding diaryl/α,β-unsaturated/α-hetero) is 1. The van der Waals surface area contributed by atoms with Gasteiger partial charge in [0.1, 0.15) is 11.9 Å². The molecule has 1 fully saturated rings. The lowest BCUT2D eigenvalue weighted by Crippen LogP contribution is -2.33. The second-order valence-corrected chi connectivity index (χ2v) is 6.22. The summed E-state index contributed by atoms with van der Waals surface area (Å²) in [7, 11) is 0. The summed E-state index contributed by atoms with van der Waals surface area (Å²) in [5, 5.41) is 0. The fourth-order valence-corrected chi connectivity index (χ4v) is 3.86. The summed E-state index contributed by atoms with van der Waals surface area (Å²) in [6, 6.07) is 13.2. The normalized spacial score (nSPS) is 28.2. The molecule has 0 saturated carbocycles. The van der Waals surface area contributed by atoms with Crippen LogP contribution in [0.2, 0.25) is 0 Å². The van der Waals surface area contributed by atoms with Crippen molar-refractivity contribution in [2.24, 2.45) is 11.8 Å². The van der Waals surface area contributed by atoms with Crippen LogP contribution in [0.1, 0.15) is 40.4 Å². The SMILES string of the molecule is C[C@H]1[C@@H]2C(=O)O[C@@H]1c1cc(F)ccc1[C@@H]2C(=O)c1ccccc1. The van der Waals surface area contributed by atoms with Crippen LogP contribution in [0.25, 0.3) is 0 Å². The van der Waals surface area contributed by atoms with Crippen LogP contribution in [0.5, 0.6) is 0 Å². The van der Waals surface area contributed by atoms with E-state index in [2.05, 4.69) is 0 Å². The van der Waals surface area contributed by atoms with Crippen LogP contribution in [0, 0.1) is 17.7 Å². The fourth-order valence-electron chi connectivity index (χ4n) is 3.86. The first-order valence-corrected chi connectivity index (χ1v) is 7.67. The zero-order valence-electron chi connectivity index (χ0n) is 12.5. The number of rotatable bonds is 2. The largest absolute Gasteiger partial charge is 0.457 e. The average molecular weight is 310 g/mol. The average Bonchev–Trinajstić information content (AvgIpc) is 2.77. The molecule has 1 heterocycles. The Morgan fingerprint density at radius 2 is 1.83 bits per heavy atom. The van der Waals surface area contributed by atoms with Crippen LogP contribution in [0.4, 0.5) is 4.39 Å². The van der Waals surface area contributed by atoms with Crippen molar-refractivity contribution in [2.75, 3.05) is 0 Å². The molecule has 0 radical (unpaired) electrons. The smallest absolute Gasteiger partial charge is 0.311 e. The van der Waals surface area contributed by atoms with Crippen molar-refractivity contribution in [2.45, 2.75) is 18.9 Å². The number of hydrogen-bond donors (Lipinski definition) is 0. The highest BCUT2D eigenvalue weighted by Gasteiger charge is 2.54. The Labute approximate surface area is 133 Å². The van der Waals surface area contributed by atoms with Gasteiger partial charge in [-0.05, 0) is 23.3 Å². The second-order valence-electron chi connectivity index (χ2n) is 6.22. The van der Waals surface area contributed by atoms with Gasteiger partial charge in [-0.3, -0.25) is 9.59 Å². The van der Waals surface area contributed by atoms with Crippen LogP contribution >= 0.6 is 0 Å². The zero-order valence-corrected chi connectivity index (χ0v) is 12.5. The second kappa shape index (κ2) is 5.01. The molecule has 23 heavy (non-hydrogen) atoms. The molecule has 0 spiro atoms. The van der Waals surface area contributed by atoms with E-state index in [9.17, 15) is 14.0 Å². The highest BCUT2D eigenvalue weighted by atomic mass is 19.1. The van der Waals surface area contributed by atoms with Crippen molar-refractivity contribution in [3.05, 3.63) is 71.0 Å².